The van der Waals surface area contributed by atoms with E-state index in [1.54, 1.807) is 26.2 Å². The lowest BCUT2D eigenvalue weighted by molar-refractivity contribution is -0.175. The number of nitrogens with zero attached hydrogens (tertiary/aromatic N) is 2. The van der Waals surface area contributed by atoms with Crippen molar-refractivity contribution in [2.75, 3.05) is 39.6 Å². The highest BCUT2D eigenvalue weighted by molar-refractivity contribution is 7.85. The number of nitrogens with two attached hydrogens (primary N) is 1. The molecule has 0 bridgehead atoms. The number of phenolic OH excluding ortho intramolecular Hbond substituents is 1. The van der Waals surface area contributed by atoms with E-state index in [4.69, 9.17) is 10.3 Å². The number of carbonyl (C=O) groups excluding carboxylic acids is 4. The van der Waals surface area contributed by atoms with E-state index in [-0.39, 0.29) is 40.0 Å². The number of primary amides is 1. The summed E-state index contributed by atoms with van der Waals surface area (Å²) in [5.74, 6) is -8.79. The van der Waals surface area contributed by atoms with Gasteiger partial charge in [0.05, 0.1) is 16.5 Å². The number of amides is 1. The summed E-state index contributed by atoms with van der Waals surface area (Å²) in [6.07, 6.45) is 0.251. The molecule has 278 valence electrons. The number of hydrogen-bond donors (Lipinski definition) is 6. The van der Waals surface area contributed by atoms with E-state index < -0.39 is 68.5 Å². The van der Waals surface area contributed by atoms with Gasteiger partial charge in [-0.1, -0.05) is 38.5 Å². The number of rotatable bonds is 7. The normalized spacial score (nSPS) is 24.7. The molecule has 1 amide bonds. The first-order valence-corrected chi connectivity index (χ1v) is 17.9. The maximum Gasteiger partial charge on any atom is 0.294 e. The van der Waals surface area contributed by atoms with Gasteiger partial charge in [-0.25, -0.2) is 0 Å². The SMILES string of the molecule is CN(C)c1cc(CNCC(C)(C)C)c(O)c2c1CC1CC3C(N(C)C)C(=O)C(C(N)=O)C(=O)C3(O)C(=O)C1=C2O.Cc1ccc(S(=O)(=O)O)cc1. The molecule has 0 radical (unpaired) electrons. The van der Waals surface area contributed by atoms with E-state index >= 15 is 0 Å². The molecular weight excluding hydrogens is 680 g/mol. The van der Waals surface area contributed by atoms with E-state index in [0.29, 0.717) is 24.2 Å². The van der Waals surface area contributed by atoms with Gasteiger partial charge in [0, 0.05) is 49.9 Å². The van der Waals surface area contributed by atoms with Gasteiger partial charge in [-0.2, -0.15) is 8.42 Å². The monoisotopic (exact) mass is 728 g/mol. The van der Waals surface area contributed by atoms with Crippen molar-refractivity contribution in [1.29, 1.82) is 0 Å². The van der Waals surface area contributed by atoms with Crippen LogP contribution in [-0.2, 0) is 42.3 Å². The van der Waals surface area contributed by atoms with Crippen molar-refractivity contribution in [3.63, 3.8) is 0 Å². The molecule has 0 aromatic heterocycles. The van der Waals surface area contributed by atoms with Crippen molar-refractivity contribution in [1.82, 2.24) is 10.2 Å². The third-order valence-electron chi connectivity index (χ3n) is 9.69. The first-order chi connectivity index (χ1) is 23.4. The Morgan fingerprint density at radius 1 is 1.06 bits per heavy atom. The Hall–Kier alpha value is -4.15. The van der Waals surface area contributed by atoms with Crippen molar-refractivity contribution in [3.05, 3.63) is 58.2 Å². The number of aliphatic hydroxyl groups excluding tert-OH is 1. The Morgan fingerprint density at radius 3 is 2.14 bits per heavy atom. The summed E-state index contributed by atoms with van der Waals surface area (Å²) in [4.78, 5) is 56.1. The van der Waals surface area contributed by atoms with Crippen LogP contribution in [0.25, 0.3) is 5.76 Å². The minimum Gasteiger partial charge on any atom is -0.507 e. The topological polar surface area (TPSA) is 228 Å². The van der Waals surface area contributed by atoms with E-state index in [2.05, 4.69) is 26.1 Å². The minimum atomic E-state index is -4.02. The molecule has 0 heterocycles. The molecule has 0 aliphatic heterocycles. The number of nitrogens with one attached hydrogen (secondary N) is 1. The molecule has 3 aliphatic carbocycles. The highest BCUT2D eigenvalue weighted by atomic mass is 32.2. The molecule has 15 heteroatoms. The quantitative estimate of drug-likeness (QED) is 0.177. The average molecular weight is 729 g/mol. The number of hydrogen-bond acceptors (Lipinski definition) is 12. The van der Waals surface area contributed by atoms with Crippen LogP contribution in [0.15, 0.2) is 40.8 Å². The fourth-order valence-corrected chi connectivity index (χ4v) is 7.79. The van der Waals surface area contributed by atoms with Crippen LogP contribution in [0.1, 0.15) is 49.4 Å². The summed E-state index contributed by atoms with van der Waals surface area (Å²) < 4.78 is 29.6. The average Bonchev–Trinajstić information content (AvgIpc) is 2.99. The fraction of sp³-hybridized carbons (Fsp3) is 0.500. The van der Waals surface area contributed by atoms with Gasteiger partial charge in [0.2, 0.25) is 11.7 Å². The number of phenols is 1. The van der Waals surface area contributed by atoms with Crippen molar-refractivity contribution in [2.45, 2.75) is 63.6 Å². The summed E-state index contributed by atoms with van der Waals surface area (Å²) >= 11 is 0. The van der Waals surface area contributed by atoms with Gasteiger partial charge in [-0.3, -0.25) is 28.6 Å². The number of ketones is 3. The Bertz CT molecular complexity index is 1900. The molecule has 51 heavy (non-hydrogen) atoms. The second kappa shape index (κ2) is 14.1. The summed E-state index contributed by atoms with van der Waals surface area (Å²) in [5.41, 5.74) is 5.37. The second-order valence-corrected chi connectivity index (χ2v) is 16.6. The maximum absolute atomic E-state index is 14.0. The van der Waals surface area contributed by atoms with Gasteiger partial charge in [-0.15, -0.1) is 0 Å². The second-order valence-electron chi connectivity index (χ2n) is 15.2. The first-order valence-electron chi connectivity index (χ1n) is 16.5. The number of aryl methyl sites for hydroxylation is 1. The number of anilines is 1. The van der Waals surface area contributed by atoms with Crippen molar-refractivity contribution >= 4 is 44.8 Å². The highest BCUT2D eigenvalue weighted by Gasteiger charge is 2.67. The Balaban J connectivity index is 0.000000452. The zero-order chi connectivity index (χ0) is 38.5. The van der Waals surface area contributed by atoms with Gasteiger partial charge in [0.15, 0.2) is 23.1 Å². The minimum absolute atomic E-state index is 0.00680. The molecule has 5 rings (SSSR count). The van der Waals surface area contributed by atoms with E-state index in [1.165, 1.54) is 17.0 Å². The summed E-state index contributed by atoms with van der Waals surface area (Å²) in [6.45, 7) is 9.03. The first kappa shape index (κ1) is 39.6. The molecule has 0 saturated heterocycles. The molecule has 2 aromatic rings. The lowest BCUT2D eigenvalue weighted by Gasteiger charge is -2.51. The largest absolute Gasteiger partial charge is 0.507 e. The molecule has 0 spiro atoms. The molecule has 14 nitrogen and oxygen atoms in total. The van der Waals surface area contributed by atoms with Crippen LogP contribution >= 0.6 is 0 Å². The van der Waals surface area contributed by atoms with Gasteiger partial charge < -0.3 is 31.3 Å². The fourth-order valence-electron chi connectivity index (χ4n) is 7.31. The molecule has 2 aromatic carbocycles. The summed E-state index contributed by atoms with van der Waals surface area (Å²) in [6, 6.07) is 6.71. The molecule has 5 unspecified atom stereocenters. The van der Waals surface area contributed by atoms with Crippen LogP contribution in [0.2, 0.25) is 0 Å². The van der Waals surface area contributed by atoms with Crippen LogP contribution < -0.4 is 16.0 Å². The number of aliphatic hydroxyl groups is 2. The van der Waals surface area contributed by atoms with Crippen LogP contribution in [-0.4, -0.2) is 103 Å². The van der Waals surface area contributed by atoms with Gasteiger partial charge in [0.1, 0.15) is 11.5 Å². The predicted molar refractivity (Wildman–Crippen MR) is 190 cm³/mol. The standard InChI is InChI=1S/C29H40N4O7.C7H8O3S/c1-28(2,3)12-31-11-14-10-17(32(4)5)15-8-13-9-16-21(33(6)7)24(36)20(27(30)39)26(38)29(16,40)25(37)18(13)23(35)19(15)22(14)34;1-6-2-4-7(5-3-6)11(8,9)10/h10,13,16,20-21,31,34-35,40H,8-9,11-12H2,1-7H3,(H2,30,39);2-5H,1H3,(H,8,9,10). The van der Waals surface area contributed by atoms with Crippen LogP contribution in [0.5, 0.6) is 5.75 Å². The zero-order valence-electron chi connectivity index (χ0n) is 30.1. The molecule has 2 fully saturated rings. The maximum atomic E-state index is 14.0. The Kier molecular flexibility index (Phi) is 11.0. The van der Waals surface area contributed by atoms with E-state index in [1.807, 2.05) is 32.0 Å². The van der Waals surface area contributed by atoms with Crippen LogP contribution in [0.4, 0.5) is 5.69 Å². The Labute approximate surface area is 298 Å². The van der Waals surface area contributed by atoms with Gasteiger partial charge in [-0.05, 0) is 69.0 Å². The molecule has 2 saturated carbocycles. The van der Waals surface area contributed by atoms with Crippen molar-refractivity contribution in [3.8, 4) is 5.75 Å². The number of Topliss-reactive ketones (excluding diaryl/α,β-unsaturated/α-hetero) is 3. The summed E-state index contributed by atoms with van der Waals surface area (Å²) in [7, 11) is 2.79. The third-order valence-corrected chi connectivity index (χ3v) is 10.6. The number of aromatic hydroxyl groups is 1. The number of carbonyl (C=O) groups is 4. The zero-order valence-corrected chi connectivity index (χ0v) is 31.0. The Morgan fingerprint density at radius 2 is 1.65 bits per heavy atom. The smallest absolute Gasteiger partial charge is 0.294 e. The van der Waals surface area contributed by atoms with E-state index in [9.17, 15) is 42.9 Å². The molecule has 5 atom stereocenters. The van der Waals surface area contributed by atoms with Gasteiger partial charge >= 0.3 is 0 Å². The highest BCUT2D eigenvalue weighted by Crippen LogP contribution is 2.53. The van der Waals surface area contributed by atoms with Gasteiger partial charge in [0.25, 0.3) is 10.1 Å². The number of likely N-dealkylation sites (N-methyl/N-ethyl adjacent to an activating group) is 1. The summed E-state index contributed by atoms with van der Waals surface area (Å²) in [5, 5.41) is 37.9. The van der Waals surface area contributed by atoms with Crippen LogP contribution in [0.3, 0.4) is 0 Å². The lowest BCUT2D eigenvalue weighted by atomic mass is 9.54. The van der Waals surface area contributed by atoms with E-state index in [0.717, 1.165) is 11.3 Å². The molecular formula is C36H48N4O10S. The molecule has 3 aliphatic rings. The van der Waals surface area contributed by atoms with Crippen molar-refractivity contribution < 1.29 is 47.5 Å². The van der Waals surface area contributed by atoms with Crippen molar-refractivity contribution in [2.24, 2.45) is 28.9 Å². The number of fused-ring (bicyclic) bond motifs is 3. The third kappa shape index (κ3) is 7.44. The predicted octanol–water partition coefficient (Wildman–Crippen LogP) is 1.78. The lowest BCUT2D eigenvalue weighted by Crippen LogP contribution is -2.72. The van der Waals surface area contributed by atoms with Crippen LogP contribution in [0, 0.1) is 30.1 Å². The molecule has 7 N–H and O–H groups in total. The number of benzene rings is 2.